The summed E-state index contributed by atoms with van der Waals surface area (Å²) in [4.78, 5) is 14.3. The smallest absolute Gasteiger partial charge is 0.277 e. The Morgan fingerprint density at radius 2 is 1.86 bits per heavy atom. The first-order valence-electron chi connectivity index (χ1n) is 9.22. The number of morpholine rings is 1. The van der Waals surface area contributed by atoms with E-state index >= 15 is 0 Å². The molecule has 1 amide bonds. The summed E-state index contributed by atoms with van der Waals surface area (Å²) in [6, 6.07) is 15.9. The Bertz CT molecular complexity index is 808. The molecule has 1 fully saturated rings. The molecule has 0 radical (unpaired) electrons. The Hall–Kier alpha value is -2.77. The van der Waals surface area contributed by atoms with Crippen molar-refractivity contribution in [1.29, 1.82) is 0 Å². The quantitative estimate of drug-likeness (QED) is 0.588. The fourth-order valence-electron chi connectivity index (χ4n) is 3.14. The molecule has 0 aliphatic carbocycles. The predicted molar refractivity (Wildman–Crippen MR) is 105 cm³/mol. The van der Waals surface area contributed by atoms with Gasteiger partial charge in [0.2, 0.25) is 0 Å². The van der Waals surface area contributed by atoms with Crippen molar-refractivity contribution in [1.82, 2.24) is 10.3 Å². The summed E-state index contributed by atoms with van der Waals surface area (Å²) in [6.45, 7) is 4.48. The number of ether oxygens (including phenoxy) is 2. The zero-order chi connectivity index (χ0) is 19.8. The number of nitrogens with zero attached hydrogens (tertiary/aromatic N) is 2. The van der Waals surface area contributed by atoms with Crippen molar-refractivity contribution in [3.63, 3.8) is 0 Å². The first-order chi connectivity index (χ1) is 13.6. The highest BCUT2D eigenvalue weighted by Crippen LogP contribution is 2.23. The molecule has 1 heterocycles. The van der Waals surface area contributed by atoms with E-state index in [2.05, 4.69) is 15.4 Å². The van der Waals surface area contributed by atoms with Gasteiger partial charge in [0.15, 0.2) is 18.2 Å². The highest BCUT2D eigenvalue weighted by atomic mass is 19.1. The molecule has 3 rings (SSSR count). The van der Waals surface area contributed by atoms with Crippen LogP contribution in [0.25, 0.3) is 0 Å². The molecule has 6 nitrogen and oxygen atoms in total. The summed E-state index contributed by atoms with van der Waals surface area (Å²) in [5, 5.41) is 4.27. The van der Waals surface area contributed by atoms with Crippen molar-refractivity contribution in [2.75, 3.05) is 32.9 Å². The van der Waals surface area contributed by atoms with E-state index in [4.69, 9.17) is 9.47 Å². The molecule has 0 unspecified atom stereocenters. The third kappa shape index (κ3) is 5.37. The second-order valence-electron chi connectivity index (χ2n) is 6.47. The SMILES string of the molecule is C/C(=N/NC(=O)COc1ccccc1F)[C@H](c1ccccc1)N1CCOCC1. The lowest BCUT2D eigenvalue weighted by Gasteiger charge is -2.34. The topological polar surface area (TPSA) is 63.2 Å². The molecule has 2 aromatic rings. The molecule has 1 N–H and O–H groups in total. The molecular weight excluding hydrogens is 361 g/mol. The summed E-state index contributed by atoms with van der Waals surface area (Å²) < 4.78 is 24.2. The number of rotatable bonds is 7. The predicted octanol–water partition coefficient (Wildman–Crippen LogP) is 2.77. The van der Waals surface area contributed by atoms with Crippen LogP contribution in [0.4, 0.5) is 4.39 Å². The number of hydrogen-bond donors (Lipinski definition) is 1. The second-order valence-corrected chi connectivity index (χ2v) is 6.47. The number of benzene rings is 2. The molecule has 1 atom stereocenters. The van der Waals surface area contributed by atoms with Gasteiger partial charge in [-0.15, -0.1) is 0 Å². The summed E-state index contributed by atoms with van der Waals surface area (Å²) in [6.07, 6.45) is 0. The lowest BCUT2D eigenvalue weighted by Crippen LogP contribution is -2.42. The minimum Gasteiger partial charge on any atom is -0.481 e. The number of para-hydroxylation sites is 1. The first kappa shape index (κ1) is 20.0. The summed E-state index contributed by atoms with van der Waals surface area (Å²) >= 11 is 0. The van der Waals surface area contributed by atoms with Gasteiger partial charge in [-0.2, -0.15) is 5.10 Å². The number of hydrazone groups is 1. The van der Waals surface area contributed by atoms with Gasteiger partial charge in [-0.25, -0.2) is 9.82 Å². The summed E-state index contributed by atoms with van der Waals surface area (Å²) in [5.41, 5.74) is 4.36. The molecule has 0 bridgehead atoms. The molecule has 2 aromatic carbocycles. The maximum absolute atomic E-state index is 13.6. The first-order valence-corrected chi connectivity index (χ1v) is 9.22. The van der Waals surface area contributed by atoms with Crippen LogP contribution in [0, 0.1) is 5.82 Å². The zero-order valence-corrected chi connectivity index (χ0v) is 15.8. The number of carbonyl (C=O) groups excluding carboxylic acids is 1. The van der Waals surface area contributed by atoms with E-state index in [-0.39, 0.29) is 18.4 Å². The molecule has 28 heavy (non-hydrogen) atoms. The molecule has 0 spiro atoms. The van der Waals surface area contributed by atoms with Gasteiger partial charge in [-0.3, -0.25) is 9.69 Å². The number of halogens is 1. The minimum atomic E-state index is -0.508. The third-order valence-electron chi connectivity index (χ3n) is 4.47. The van der Waals surface area contributed by atoms with E-state index in [1.54, 1.807) is 12.1 Å². The van der Waals surface area contributed by atoms with E-state index in [9.17, 15) is 9.18 Å². The summed E-state index contributed by atoms with van der Waals surface area (Å²) in [5.74, 6) is -0.920. The van der Waals surface area contributed by atoms with Crippen LogP contribution in [0.2, 0.25) is 0 Å². The van der Waals surface area contributed by atoms with Crippen LogP contribution < -0.4 is 10.2 Å². The standard InChI is InChI=1S/C21H24FN3O3/c1-16(23-24-20(26)15-28-19-10-6-5-9-18(19)22)21(17-7-3-2-4-8-17)25-11-13-27-14-12-25/h2-10,21H,11-15H2,1H3,(H,24,26)/b23-16-/t21-/m1/s1. The zero-order valence-electron chi connectivity index (χ0n) is 15.8. The Labute approximate surface area is 163 Å². The Morgan fingerprint density at radius 3 is 2.57 bits per heavy atom. The van der Waals surface area contributed by atoms with Crippen LogP contribution in [0.3, 0.4) is 0 Å². The van der Waals surface area contributed by atoms with E-state index in [0.29, 0.717) is 13.2 Å². The van der Waals surface area contributed by atoms with Crippen molar-refractivity contribution in [2.45, 2.75) is 13.0 Å². The van der Waals surface area contributed by atoms with Gasteiger partial charge in [-0.1, -0.05) is 42.5 Å². The number of nitrogens with one attached hydrogen (secondary N) is 1. The average molecular weight is 385 g/mol. The molecule has 0 aromatic heterocycles. The van der Waals surface area contributed by atoms with Crippen molar-refractivity contribution in [3.8, 4) is 5.75 Å². The van der Waals surface area contributed by atoms with Crippen molar-refractivity contribution in [3.05, 3.63) is 66.0 Å². The fourth-order valence-corrected chi connectivity index (χ4v) is 3.14. The Kier molecular flexibility index (Phi) is 7.11. The number of hydrogen-bond acceptors (Lipinski definition) is 5. The monoisotopic (exact) mass is 385 g/mol. The van der Waals surface area contributed by atoms with E-state index in [0.717, 1.165) is 24.4 Å². The van der Waals surface area contributed by atoms with Gasteiger partial charge in [0.25, 0.3) is 5.91 Å². The molecular formula is C21H24FN3O3. The lowest BCUT2D eigenvalue weighted by molar-refractivity contribution is -0.123. The van der Waals surface area contributed by atoms with E-state index in [1.165, 1.54) is 12.1 Å². The normalized spacial score (nSPS) is 16.4. The molecule has 1 aliphatic heterocycles. The third-order valence-corrected chi connectivity index (χ3v) is 4.47. The Balaban J connectivity index is 1.64. The highest BCUT2D eigenvalue weighted by Gasteiger charge is 2.25. The van der Waals surface area contributed by atoms with Crippen LogP contribution in [0.5, 0.6) is 5.75 Å². The van der Waals surface area contributed by atoms with Gasteiger partial charge >= 0.3 is 0 Å². The number of amides is 1. The van der Waals surface area contributed by atoms with Gasteiger partial charge in [0.1, 0.15) is 0 Å². The fraction of sp³-hybridized carbons (Fsp3) is 0.333. The van der Waals surface area contributed by atoms with Gasteiger partial charge in [0.05, 0.1) is 25.0 Å². The summed E-state index contributed by atoms with van der Waals surface area (Å²) in [7, 11) is 0. The highest BCUT2D eigenvalue weighted by molar-refractivity contribution is 5.90. The van der Waals surface area contributed by atoms with Crippen LogP contribution in [-0.4, -0.2) is 49.4 Å². The molecule has 148 valence electrons. The lowest BCUT2D eigenvalue weighted by atomic mass is 10.0. The van der Waals surface area contributed by atoms with Crippen LogP contribution in [-0.2, 0) is 9.53 Å². The Morgan fingerprint density at radius 1 is 1.18 bits per heavy atom. The molecule has 1 saturated heterocycles. The van der Waals surface area contributed by atoms with Crippen molar-refractivity contribution < 1.29 is 18.7 Å². The van der Waals surface area contributed by atoms with Crippen molar-refractivity contribution in [2.24, 2.45) is 5.10 Å². The maximum atomic E-state index is 13.6. The van der Waals surface area contributed by atoms with Crippen molar-refractivity contribution >= 4 is 11.6 Å². The molecule has 1 aliphatic rings. The van der Waals surface area contributed by atoms with Crippen LogP contribution in [0.15, 0.2) is 59.7 Å². The van der Waals surface area contributed by atoms with E-state index < -0.39 is 11.7 Å². The number of carbonyl (C=O) groups is 1. The van der Waals surface area contributed by atoms with Crippen LogP contribution >= 0.6 is 0 Å². The molecule has 0 saturated carbocycles. The van der Waals surface area contributed by atoms with E-state index in [1.807, 2.05) is 37.3 Å². The van der Waals surface area contributed by atoms with Gasteiger partial charge in [0, 0.05) is 13.1 Å². The maximum Gasteiger partial charge on any atom is 0.277 e. The average Bonchev–Trinajstić information content (AvgIpc) is 2.73. The van der Waals surface area contributed by atoms with Gasteiger partial charge in [-0.05, 0) is 24.6 Å². The molecule has 7 heteroatoms. The van der Waals surface area contributed by atoms with Gasteiger partial charge < -0.3 is 9.47 Å². The largest absolute Gasteiger partial charge is 0.481 e. The van der Waals surface area contributed by atoms with Crippen LogP contribution in [0.1, 0.15) is 18.5 Å². The minimum absolute atomic E-state index is 0.0360. The second kappa shape index (κ2) is 9.96.